The van der Waals surface area contributed by atoms with Crippen molar-refractivity contribution in [2.24, 2.45) is 0 Å². The van der Waals surface area contributed by atoms with Gasteiger partial charge in [0.15, 0.2) is 0 Å². The van der Waals surface area contributed by atoms with Gasteiger partial charge in [-0.05, 0) is 42.0 Å². The van der Waals surface area contributed by atoms with Crippen LogP contribution in [0.1, 0.15) is 11.1 Å². The van der Waals surface area contributed by atoms with Crippen LogP contribution in [0.15, 0.2) is 79.1 Å². The van der Waals surface area contributed by atoms with E-state index < -0.39 is 0 Å². The van der Waals surface area contributed by atoms with Gasteiger partial charge in [-0.2, -0.15) is 0 Å². The van der Waals surface area contributed by atoms with E-state index in [0.717, 1.165) is 22.2 Å². The highest BCUT2D eigenvalue weighted by Gasteiger charge is 2.14. The van der Waals surface area contributed by atoms with Gasteiger partial charge in [-0.15, -0.1) is 0 Å². The molecule has 1 amide bonds. The molecule has 0 aliphatic rings. The predicted molar refractivity (Wildman–Crippen MR) is 110 cm³/mol. The zero-order chi connectivity index (χ0) is 18.6. The van der Waals surface area contributed by atoms with Crippen LogP contribution in [0.2, 0.25) is 5.02 Å². The summed E-state index contributed by atoms with van der Waals surface area (Å²) in [6, 6.07) is 20.5. The maximum Gasteiger partial charge on any atom is 0.256 e. The Morgan fingerprint density at radius 1 is 1.04 bits per heavy atom. The summed E-state index contributed by atoms with van der Waals surface area (Å²) in [5.74, 6) is -0.207. The molecule has 2 N–H and O–H groups in total. The highest BCUT2D eigenvalue weighted by molar-refractivity contribution is 6.32. The Balaban J connectivity index is 1.76. The summed E-state index contributed by atoms with van der Waals surface area (Å²) in [4.78, 5) is 20.5. The number of pyridine rings is 1. The van der Waals surface area contributed by atoms with Crippen molar-refractivity contribution in [3.05, 3.63) is 95.3 Å². The Morgan fingerprint density at radius 2 is 1.89 bits per heavy atom. The lowest BCUT2D eigenvalue weighted by Crippen LogP contribution is -2.13. The number of anilines is 1. The fourth-order valence-corrected chi connectivity index (χ4v) is 3.10. The summed E-state index contributed by atoms with van der Waals surface area (Å²) in [5, 5.41) is 4.45. The summed E-state index contributed by atoms with van der Waals surface area (Å²) in [7, 11) is 0. The van der Waals surface area contributed by atoms with Gasteiger partial charge in [0.1, 0.15) is 5.65 Å². The Kier molecular flexibility index (Phi) is 4.73. The maximum atomic E-state index is 13.0. The zero-order valence-electron chi connectivity index (χ0n) is 14.3. The molecule has 0 saturated carbocycles. The van der Waals surface area contributed by atoms with E-state index in [1.54, 1.807) is 24.4 Å². The minimum Gasteiger partial charge on any atom is -0.346 e. The number of fused-ring (bicyclic) bond motifs is 1. The number of carbonyl (C=O) groups excluding carboxylic acids is 1. The maximum absolute atomic E-state index is 13.0. The monoisotopic (exact) mass is 373 g/mol. The number of hydrogen-bond acceptors (Lipinski definition) is 2. The molecule has 0 atom stereocenters. The largest absolute Gasteiger partial charge is 0.346 e. The number of halogens is 1. The van der Waals surface area contributed by atoms with Crippen molar-refractivity contribution in [2.45, 2.75) is 0 Å². The van der Waals surface area contributed by atoms with Crippen LogP contribution in [0.4, 0.5) is 5.69 Å². The first-order valence-electron chi connectivity index (χ1n) is 8.47. The number of carbonyl (C=O) groups is 1. The number of aromatic amines is 1. The predicted octanol–water partition coefficient (Wildman–Crippen LogP) is 5.40. The topological polar surface area (TPSA) is 57.8 Å². The summed E-state index contributed by atoms with van der Waals surface area (Å²) >= 11 is 6.03. The van der Waals surface area contributed by atoms with E-state index in [-0.39, 0.29) is 5.91 Å². The van der Waals surface area contributed by atoms with E-state index in [1.807, 2.05) is 60.8 Å². The summed E-state index contributed by atoms with van der Waals surface area (Å²) in [6.07, 6.45) is 5.46. The van der Waals surface area contributed by atoms with Gasteiger partial charge in [0.05, 0.1) is 0 Å². The first-order chi connectivity index (χ1) is 13.2. The molecule has 2 heterocycles. The standard InChI is InChI=1S/C22H16ClN3O/c23-17-8-4-9-18(13-17)26-22(27)20(15-6-2-1-3-7-15)12-16-14-25-21-19(16)10-5-11-24-21/h1-14H,(H,24,25)(H,26,27). The third-order valence-corrected chi connectivity index (χ3v) is 4.43. The van der Waals surface area contributed by atoms with Crippen LogP contribution in [-0.4, -0.2) is 15.9 Å². The summed E-state index contributed by atoms with van der Waals surface area (Å²) in [6.45, 7) is 0. The molecule has 0 aliphatic carbocycles. The molecule has 2 aromatic heterocycles. The molecule has 0 unspecified atom stereocenters. The number of amides is 1. The van der Waals surface area contributed by atoms with E-state index in [9.17, 15) is 4.79 Å². The van der Waals surface area contributed by atoms with Gasteiger partial charge in [0.2, 0.25) is 0 Å². The summed E-state index contributed by atoms with van der Waals surface area (Å²) < 4.78 is 0. The SMILES string of the molecule is O=C(Nc1cccc(Cl)c1)C(=Cc1c[nH]c2ncccc12)c1ccccc1. The Hall–Kier alpha value is -3.37. The van der Waals surface area contributed by atoms with Gasteiger partial charge in [0, 0.05) is 39.6 Å². The third-order valence-electron chi connectivity index (χ3n) is 4.19. The first kappa shape index (κ1) is 17.1. The van der Waals surface area contributed by atoms with E-state index in [4.69, 9.17) is 11.6 Å². The fraction of sp³-hybridized carbons (Fsp3) is 0. The Bertz CT molecular complexity index is 1130. The van der Waals surface area contributed by atoms with Crippen molar-refractivity contribution in [1.29, 1.82) is 0 Å². The van der Waals surface area contributed by atoms with E-state index in [1.165, 1.54) is 0 Å². The second-order valence-corrected chi connectivity index (χ2v) is 6.47. The van der Waals surface area contributed by atoms with Crippen molar-refractivity contribution < 1.29 is 4.79 Å². The number of benzene rings is 2. The molecule has 0 spiro atoms. The second-order valence-electron chi connectivity index (χ2n) is 6.03. The molecule has 4 nitrogen and oxygen atoms in total. The van der Waals surface area contributed by atoms with Crippen LogP contribution in [0.3, 0.4) is 0 Å². The van der Waals surface area contributed by atoms with Gasteiger partial charge in [-0.25, -0.2) is 4.98 Å². The zero-order valence-corrected chi connectivity index (χ0v) is 15.1. The number of hydrogen-bond donors (Lipinski definition) is 2. The van der Waals surface area contributed by atoms with E-state index in [2.05, 4.69) is 15.3 Å². The van der Waals surface area contributed by atoms with Crippen LogP contribution in [0.5, 0.6) is 0 Å². The summed E-state index contributed by atoms with van der Waals surface area (Å²) in [5.41, 5.74) is 3.72. The average Bonchev–Trinajstić information content (AvgIpc) is 3.10. The normalized spacial score (nSPS) is 11.5. The number of rotatable bonds is 4. The molecule has 0 bridgehead atoms. The van der Waals surface area contributed by atoms with Crippen molar-refractivity contribution >= 4 is 45.9 Å². The van der Waals surface area contributed by atoms with Crippen LogP contribution < -0.4 is 5.32 Å². The molecule has 5 heteroatoms. The molecule has 0 aliphatic heterocycles. The van der Waals surface area contributed by atoms with Crippen LogP contribution in [0.25, 0.3) is 22.7 Å². The Morgan fingerprint density at radius 3 is 2.70 bits per heavy atom. The number of nitrogens with zero attached hydrogens (tertiary/aromatic N) is 1. The molecular weight excluding hydrogens is 358 g/mol. The van der Waals surface area contributed by atoms with Crippen molar-refractivity contribution in [3.63, 3.8) is 0 Å². The van der Waals surface area contributed by atoms with Gasteiger partial charge in [-0.1, -0.05) is 48.0 Å². The molecule has 132 valence electrons. The number of aromatic nitrogens is 2. The molecule has 4 rings (SSSR count). The minimum absolute atomic E-state index is 0.207. The average molecular weight is 374 g/mol. The first-order valence-corrected chi connectivity index (χ1v) is 8.84. The molecule has 27 heavy (non-hydrogen) atoms. The second kappa shape index (κ2) is 7.48. The smallest absolute Gasteiger partial charge is 0.256 e. The third kappa shape index (κ3) is 3.76. The number of nitrogens with one attached hydrogen (secondary N) is 2. The van der Waals surface area contributed by atoms with Crippen LogP contribution in [0, 0.1) is 0 Å². The van der Waals surface area contributed by atoms with Gasteiger partial charge in [0.25, 0.3) is 5.91 Å². The lowest BCUT2D eigenvalue weighted by atomic mass is 10.0. The molecule has 2 aromatic carbocycles. The van der Waals surface area contributed by atoms with E-state index >= 15 is 0 Å². The fourth-order valence-electron chi connectivity index (χ4n) is 2.91. The van der Waals surface area contributed by atoms with Gasteiger partial charge in [-0.3, -0.25) is 4.79 Å². The van der Waals surface area contributed by atoms with Crippen LogP contribution in [-0.2, 0) is 4.79 Å². The van der Waals surface area contributed by atoms with Crippen molar-refractivity contribution in [3.8, 4) is 0 Å². The Labute approximate surface area is 161 Å². The molecule has 4 aromatic rings. The molecule has 0 fully saturated rings. The highest BCUT2D eigenvalue weighted by Crippen LogP contribution is 2.25. The molecule has 0 saturated heterocycles. The lowest BCUT2D eigenvalue weighted by molar-refractivity contribution is -0.111. The highest BCUT2D eigenvalue weighted by atomic mass is 35.5. The van der Waals surface area contributed by atoms with Gasteiger partial charge < -0.3 is 10.3 Å². The van der Waals surface area contributed by atoms with Crippen molar-refractivity contribution in [2.75, 3.05) is 5.32 Å². The lowest BCUT2D eigenvalue weighted by Gasteiger charge is -2.10. The van der Waals surface area contributed by atoms with E-state index in [0.29, 0.717) is 16.3 Å². The minimum atomic E-state index is -0.207. The molecule has 0 radical (unpaired) electrons. The van der Waals surface area contributed by atoms with Crippen molar-refractivity contribution in [1.82, 2.24) is 9.97 Å². The quantitative estimate of drug-likeness (QED) is 0.471. The van der Waals surface area contributed by atoms with Crippen LogP contribution >= 0.6 is 11.6 Å². The molecular formula is C22H16ClN3O. The number of H-pyrrole nitrogens is 1. The van der Waals surface area contributed by atoms with Gasteiger partial charge >= 0.3 is 0 Å².